The lowest BCUT2D eigenvalue weighted by molar-refractivity contribution is -0.157. The van der Waals surface area contributed by atoms with E-state index in [0.29, 0.717) is 17.7 Å². The highest BCUT2D eigenvalue weighted by Crippen LogP contribution is 2.31. The average molecular weight is 293 g/mol. The third-order valence-corrected chi connectivity index (χ3v) is 2.90. The van der Waals surface area contributed by atoms with Crippen LogP contribution in [0.2, 0.25) is 0 Å². The van der Waals surface area contributed by atoms with Crippen LogP contribution < -0.4 is 5.56 Å². The Labute approximate surface area is 110 Å². The summed E-state index contributed by atoms with van der Waals surface area (Å²) < 4.78 is 38.5. The number of carboxylic acid groups (broad SMARTS) is 2. The third-order valence-electron chi connectivity index (χ3n) is 2.90. The normalized spacial score (nSPS) is 12.2. The van der Waals surface area contributed by atoms with E-state index in [1.54, 1.807) is 0 Å². The molecule has 1 aromatic heterocycles. The first kappa shape index (κ1) is 15.7. The molecule has 0 saturated carbocycles. The van der Waals surface area contributed by atoms with Gasteiger partial charge in [-0.05, 0) is 13.0 Å². The Bertz CT molecular complexity index is 618. The maximum absolute atomic E-state index is 12.7. The van der Waals surface area contributed by atoms with Gasteiger partial charge >= 0.3 is 18.1 Å². The second-order valence-corrected chi connectivity index (χ2v) is 4.29. The second kappa shape index (κ2) is 4.66. The molecular weight excluding hydrogens is 283 g/mol. The number of rotatable bonds is 3. The minimum Gasteiger partial charge on any atom is -0.480 e. The van der Waals surface area contributed by atoms with E-state index in [0.717, 1.165) is 7.05 Å². The standard InChI is InChI=1S/C11H10F3NO5/c1-10(8(17)18,9(19)20)6-3-5(11(12,13)14)4-15(2)7(6)16/h3-4H,1-2H3,(H,17,18)(H,19,20). The zero-order valence-corrected chi connectivity index (χ0v) is 10.4. The molecule has 0 fully saturated rings. The van der Waals surface area contributed by atoms with Crippen molar-refractivity contribution >= 4 is 11.9 Å². The maximum Gasteiger partial charge on any atom is 0.417 e. The number of aliphatic carboxylic acids is 2. The summed E-state index contributed by atoms with van der Waals surface area (Å²) in [6.07, 6.45) is -4.37. The van der Waals surface area contributed by atoms with Gasteiger partial charge in [0.05, 0.1) is 5.56 Å². The van der Waals surface area contributed by atoms with Gasteiger partial charge in [-0.3, -0.25) is 14.4 Å². The molecule has 0 bridgehead atoms. The summed E-state index contributed by atoms with van der Waals surface area (Å²) in [4.78, 5) is 33.9. The molecule has 20 heavy (non-hydrogen) atoms. The summed E-state index contributed by atoms with van der Waals surface area (Å²) in [6, 6.07) is 0.255. The summed E-state index contributed by atoms with van der Waals surface area (Å²) in [5.74, 6) is -3.86. The highest BCUT2D eigenvalue weighted by Gasteiger charge is 2.47. The molecule has 110 valence electrons. The van der Waals surface area contributed by atoms with E-state index < -0.39 is 40.2 Å². The van der Waals surface area contributed by atoms with Gasteiger partial charge in [-0.25, -0.2) is 0 Å². The van der Waals surface area contributed by atoms with E-state index in [-0.39, 0.29) is 6.07 Å². The minimum absolute atomic E-state index is 0.255. The fourth-order valence-corrected chi connectivity index (χ4v) is 1.55. The zero-order valence-electron chi connectivity index (χ0n) is 10.4. The highest BCUT2D eigenvalue weighted by atomic mass is 19.4. The van der Waals surface area contributed by atoms with Crippen LogP contribution in [0.5, 0.6) is 0 Å². The molecule has 0 aromatic carbocycles. The van der Waals surface area contributed by atoms with E-state index in [2.05, 4.69) is 0 Å². The fraction of sp³-hybridized carbons (Fsp3) is 0.364. The van der Waals surface area contributed by atoms with Gasteiger partial charge in [0.25, 0.3) is 5.56 Å². The smallest absolute Gasteiger partial charge is 0.417 e. The number of aryl methyl sites for hydroxylation is 1. The molecule has 0 saturated heterocycles. The minimum atomic E-state index is -4.84. The lowest BCUT2D eigenvalue weighted by atomic mass is 9.82. The average Bonchev–Trinajstić information content (AvgIpc) is 2.29. The lowest BCUT2D eigenvalue weighted by Crippen LogP contribution is -2.46. The molecule has 2 N–H and O–H groups in total. The van der Waals surface area contributed by atoms with Crippen molar-refractivity contribution in [3.63, 3.8) is 0 Å². The molecule has 0 aliphatic heterocycles. The van der Waals surface area contributed by atoms with Crippen LogP contribution in [-0.2, 0) is 28.2 Å². The number of pyridine rings is 1. The number of carboxylic acids is 2. The lowest BCUT2D eigenvalue weighted by Gasteiger charge is -2.21. The van der Waals surface area contributed by atoms with E-state index in [1.807, 2.05) is 0 Å². The van der Waals surface area contributed by atoms with Crippen LogP contribution in [0.15, 0.2) is 17.1 Å². The molecule has 0 amide bonds. The van der Waals surface area contributed by atoms with Gasteiger partial charge in [0.1, 0.15) is 0 Å². The van der Waals surface area contributed by atoms with E-state index in [1.165, 1.54) is 0 Å². The van der Waals surface area contributed by atoms with E-state index in [4.69, 9.17) is 10.2 Å². The van der Waals surface area contributed by atoms with Crippen LogP contribution in [-0.4, -0.2) is 26.7 Å². The van der Waals surface area contributed by atoms with Crippen LogP contribution in [0.3, 0.4) is 0 Å². The molecule has 9 heteroatoms. The number of alkyl halides is 3. The summed E-state index contributed by atoms with van der Waals surface area (Å²) in [6.45, 7) is 0.661. The summed E-state index contributed by atoms with van der Waals surface area (Å²) in [5, 5.41) is 17.9. The zero-order chi connectivity index (χ0) is 15.9. The number of aromatic nitrogens is 1. The Hall–Kier alpha value is -2.32. The van der Waals surface area contributed by atoms with Crippen molar-refractivity contribution in [2.24, 2.45) is 7.05 Å². The molecule has 6 nitrogen and oxygen atoms in total. The van der Waals surface area contributed by atoms with Gasteiger partial charge in [-0.1, -0.05) is 0 Å². The van der Waals surface area contributed by atoms with Crippen LogP contribution >= 0.6 is 0 Å². The van der Waals surface area contributed by atoms with Gasteiger partial charge in [0, 0.05) is 18.8 Å². The Balaban J connectivity index is 3.76. The van der Waals surface area contributed by atoms with Gasteiger partial charge in [0.2, 0.25) is 0 Å². The molecule has 1 aromatic rings. The molecule has 0 atom stereocenters. The van der Waals surface area contributed by atoms with Crippen LogP contribution in [0.25, 0.3) is 0 Å². The number of hydrogen-bond acceptors (Lipinski definition) is 3. The monoisotopic (exact) mass is 293 g/mol. The molecule has 0 unspecified atom stereocenters. The Morgan fingerprint density at radius 1 is 1.20 bits per heavy atom. The van der Waals surface area contributed by atoms with Gasteiger partial charge < -0.3 is 14.8 Å². The van der Waals surface area contributed by atoms with Crippen molar-refractivity contribution in [2.45, 2.75) is 18.5 Å². The molecular formula is C11H10F3NO5. The maximum atomic E-state index is 12.7. The van der Waals surface area contributed by atoms with Gasteiger partial charge in [-0.15, -0.1) is 0 Å². The number of hydrogen-bond donors (Lipinski definition) is 2. The molecule has 0 aliphatic carbocycles. The van der Waals surface area contributed by atoms with Crippen molar-refractivity contribution in [2.75, 3.05) is 0 Å². The first-order valence-corrected chi connectivity index (χ1v) is 5.17. The van der Waals surface area contributed by atoms with Crippen LogP contribution in [0.1, 0.15) is 18.1 Å². The predicted molar refractivity (Wildman–Crippen MR) is 59.3 cm³/mol. The SMILES string of the molecule is Cn1cc(C(F)(F)F)cc(C(C)(C(=O)O)C(=O)O)c1=O. The Morgan fingerprint density at radius 2 is 1.65 bits per heavy atom. The fourth-order valence-electron chi connectivity index (χ4n) is 1.55. The molecule has 0 aliphatic rings. The topological polar surface area (TPSA) is 96.6 Å². The number of nitrogens with zero attached hydrogens (tertiary/aromatic N) is 1. The van der Waals surface area contributed by atoms with Crippen LogP contribution in [0, 0.1) is 0 Å². The first-order valence-electron chi connectivity index (χ1n) is 5.17. The predicted octanol–water partition coefficient (Wildman–Crippen LogP) is 0.831. The molecule has 1 heterocycles. The van der Waals surface area contributed by atoms with Crippen LogP contribution in [0.4, 0.5) is 13.2 Å². The third kappa shape index (κ3) is 2.38. The quantitative estimate of drug-likeness (QED) is 0.805. The second-order valence-electron chi connectivity index (χ2n) is 4.29. The highest BCUT2D eigenvalue weighted by molar-refractivity contribution is 6.04. The van der Waals surface area contributed by atoms with Crippen molar-refractivity contribution < 1.29 is 33.0 Å². The van der Waals surface area contributed by atoms with Gasteiger partial charge in [-0.2, -0.15) is 13.2 Å². The Morgan fingerprint density at radius 3 is 2.00 bits per heavy atom. The van der Waals surface area contributed by atoms with Crippen molar-refractivity contribution in [1.29, 1.82) is 0 Å². The van der Waals surface area contributed by atoms with E-state index >= 15 is 0 Å². The Kier molecular flexibility index (Phi) is 3.66. The van der Waals surface area contributed by atoms with E-state index in [9.17, 15) is 27.6 Å². The van der Waals surface area contributed by atoms with Crippen molar-refractivity contribution in [3.8, 4) is 0 Å². The van der Waals surface area contributed by atoms with Gasteiger partial charge in [0.15, 0.2) is 5.41 Å². The molecule has 0 spiro atoms. The first-order chi connectivity index (χ1) is 8.92. The number of halogens is 3. The summed E-state index contributed by atoms with van der Waals surface area (Å²) in [5.41, 5.74) is -6.15. The number of carbonyl (C=O) groups is 2. The van der Waals surface area contributed by atoms with Crippen molar-refractivity contribution in [3.05, 3.63) is 33.7 Å². The summed E-state index contributed by atoms with van der Waals surface area (Å²) >= 11 is 0. The largest absolute Gasteiger partial charge is 0.480 e. The van der Waals surface area contributed by atoms with Crippen molar-refractivity contribution in [1.82, 2.24) is 4.57 Å². The molecule has 0 radical (unpaired) electrons. The summed E-state index contributed by atoms with van der Waals surface area (Å²) in [7, 11) is 0.977. The molecule has 1 rings (SSSR count).